The first-order chi connectivity index (χ1) is 30.6. The monoisotopic (exact) mass is 889 g/mol. The van der Waals surface area contributed by atoms with Crippen molar-refractivity contribution in [3.63, 3.8) is 0 Å². The van der Waals surface area contributed by atoms with Gasteiger partial charge in [0.25, 0.3) is 0 Å². The topological polar surface area (TPSA) is 175 Å². The molecule has 6 atom stereocenters. The highest BCUT2D eigenvalue weighted by Gasteiger charge is 2.50. The molecule has 1 fully saturated rings. The normalized spacial score (nSPS) is 19.8. The van der Waals surface area contributed by atoms with Crippen LogP contribution in [0, 0.1) is 0 Å². The molecule has 0 aliphatic carbocycles. The van der Waals surface area contributed by atoms with Gasteiger partial charge in [0.05, 0.1) is 6.61 Å². The summed E-state index contributed by atoms with van der Waals surface area (Å²) in [6.07, 6.45) is 34.0. The number of hydrogen-bond acceptors (Lipinski definition) is 11. The Labute approximate surface area is 379 Å². The number of aliphatic carboxylic acids is 1. The first-order valence-corrected chi connectivity index (χ1v) is 24.3. The fraction of sp³-hybridized carbons (Fsp3) is 0.725. The number of aliphatic hydroxyl groups is 2. The Morgan fingerprint density at radius 2 is 1.05 bits per heavy atom. The third kappa shape index (κ3) is 31.0. The number of esters is 3. The molecule has 0 bridgehead atoms. The van der Waals surface area contributed by atoms with Crippen molar-refractivity contribution >= 4 is 23.9 Å². The summed E-state index contributed by atoms with van der Waals surface area (Å²) in [6, 6.07) is 0. The maximum Gasteiger partial charge on any atom is 0.335 e. The van der Waals surface area contributed by atoms with Crippen molar-refractivity contribution in [1.29, 1.82) is 0 Å². The van der Waals surface area contributed by atoms with Gasteiger partial charge in [0.15, 0.2) is 24.6 Å². The molecule has 0 aromatic heterocycles. The van der Waals surface area contributed by atoms with Crippen LogP contribution in [0.5, 0.6) is 0 Å². The van der Waals surface area contributed by atoms with Crippen molar-refractivity contribution < 1.29 is 58.2 Å². The number of carboxylic acids is 1. The summed E-state index contributed by atoms with van der Waals surface area (Å²) in [5.41, 5.74) is 0. The average Bonchev–Trinajstić information content (AvgIpc) is 3.26. The molecule has 0 radical (unpaired) electrons. The van der Waals surface area contributed by atoms with Gasteiger partial charge in [-0.2, -0.15) is 0 Å². The number of carbonyl (C=O) groups is 4. The van der Waals surface area contributed by atoms with Crippen LogP contribution < -0.4 is 0 Å². The van der Waals surface area contributed by atoms with Gasteiger partial charge in [-0.1, -0.05) is 165 Å². The van der Waals surface area contributed by atoms with Crippen LogP contribution in [0.1, 0.15) is 188 Å². The first-order valence-electron chi connectivity index (χ1n) is 24.3. The van der Waals surface area contributed by atoms with Gasteiger partial charge in [-0.15, -0.1) is 0 Å². The molecule has 1 rings (SSSR count). The van der Waals surface area contributed by atoms with Crippen molar-refractivity contribution in [3.05, 3.63) is 60.8 Å². The average molecular weight is 889 g/mol. The molecule has 1 aliphatic rings. The number of carboxylic acid groups (broad SMARTS) is 1. The van der Waals surface area contributed by atoms with E-state index in [1.807, 2.05) is 12.2 Å². The Hall–Kier alpha value is -3.58. The second-order valence-corrected chi connectivity index (χ2v) is 16.4. The predicted molar refractivity (Wildman–Crippen MR) is 248 cm³/mol. The quantitative estimate of drug-likeness (QED) is 0.0231. The smallest absolute Gasteiger partial charge is 0.335 e. The number of ether oxygens (including phenoxy) is 5. The van der Waals surface area contributed by atoms with Crippen LogP contribution in [0.25, 0.3) is 0 Å². The molecule has 0 saturated carbocycles. The van der Waals surface area contributed by atoms with Crippen LogP contribution in [-0.4, -0.2) is 89.2 Å². The second kappa shape index (κ2) is 40.0. The first kappa shape index (κ1) is 57.4. The van der Waals surface area contributed by atoms with Gasteiger partial charge in [0.2, 0.25) is 0 Å². The van der Waals surface area contributed by atoms with Crippen LogP contribution in [-0.2, 0) is 42.9 Å². The van der Waals surface area contributed by atoms with E-state index in [2.05, 4.69) is 69.4 Å². The lowest BCUT2D eigenvalue weighted by Gasteiger charge is -2.40. The van der Waals surface area contributed by atoms with Gasteiger partial charge in [0.1, 0.15) is 18.8 Å². The SMILES string of the molecule is CC/C=C\C/C=C\C/C=C\C/C=C\CCC(=O)OCC(COC1OC(C(=O)O)C(O)C(O)C1OC(=O)CCCCCCC/C=C\CCCC)OC(=O)CCCCCCCCCCC. The number of allylic oxidation sites excluding steroid dienone is 10. The number of aliphatic hydroxyl groups excluding tert-OH is 2. The minimum Gasteiger partial charge on any atom is -0.479 e. The summed E-state index contributed by atoms with van der Waals surface area (Å²) in [4.78, 5) is 50.5. The van der Waals surface area contributed by atoms with Crippen LogP contribution in [0.15, 0.2) is 60.8 Å². The molecule has 3 N–H and O–H groups in total. The molecule has 360 valence electrons. The van der Waals surface area contributed by atoms with E-state index in [0.29, 0.717) is 19.3 Å². The minimum atomic E-state index is -1.91. The van der Waals surface area contributed by atoms with E-state index in [9.17, 15) is 34.5 Å². The molecule has 0 spiro atoms. The Kier molecular flexibility index (Phi) is 36.4. The molecule has 6 unspecified atom stereocenters. The van der Waals surface area contributed by atoms with E-state index in [0.717, 1.165) is 83.5 Å². The van der Waals surface area contributed by atoms with Gasteiger partial charge >= 0.3 is 23.9 Å². The zero-order valence-electron chi connectivity index (χ0n) is 39.1. The number of carbonyl (C=O) groups excluding carboxylic acids is 3. The molecule has 12 heteroatoms. The third-order valence-electron chi connectivity index (χ3n) is 10.6. The third-order valence-corrected chi connectivity index (χ3v) is 10.6. The van der Waals surface area contributed by atoms with E-state index in [-0.39, 0.29) is 25.9 Å². The zero-order valence-corrected chi connectivity index (χ0v) is 39.1. The van der Waals surface area contributed by atoms with Crippen LogP contribution in [0.2, 0.25) is 0 Å². The summed E-state index contributed by atoms with van der Waals surface area (Å²) in [5.74, 6) is -3.25. The molecular formula is C51H84O12. The van der Waals surface area contributed by atoms with Crippen molar-refractivity contribution in [2.75, 3.05) is 13.2 Å². The highest BCUT2D eigenvalue weighted by Crippen LogP contribution is 2.26. The van der Waals surface area contributed by atoms with Crippen molar-refractivity contribution in [1.82, 2.24) is 0 Å². The van der Waals surface area contributed by atoms with Crippen molar-refractivity contribution in [3.8, 4) is 0 Å². The van der Waals surface area contributed by atoms with Gasteiger partial charge in [-0.3, -0.25) is 14.4 Å². The molecule has 63 heavy (non-hydrogen) atoms. The Balaban J connectivity index is 2.80. The molecule has 0 aromatic rings. The summed E-state index contributed by atoms with van der Waals surface area (Å²) < 4.78 is 28.1. The highest BCUT2D eigenvalue weighted by molar-refractivity contribution is 5.74. The largest absolute Gasteiger partial charge is 0.479 e. The maximum absolute atomic E-state index is 13.0. The highest BCUT2D eigenvalue weighted by atomic mass is 16.7. The summed E-state index contributed by atoms with van der Waals surface area (Å²) >= 11 is 0. The molecular weight excluding hydrogens is 805 g/mol. The maximum atomic E-state index is 13.0. The lowest BCUT2D eigenvalue weighted by molar-refractivity contribution is -0.301. The summed E-state index contributed by atoms with van der Waals surface area (Å²) in [7, 11) is 0. The van der Waals surface area contributed by atoms with E-state index >= 15 is 0 Å². The van der Waals surface area contributed by atoms with Gasteiger partial charge < -0.3 is 39.0 Å². The van der Waals surface area contributed by atoms with E-state index in [1.165, 1.54) is 44.9 Å². The molecule has 1 saturated heterocycles. The van der Waals surface area contributed by atoms with E-state index < -0.39 is 67.3 Å². The zero-order chi connectivity index (χ0) is 46.2. The van der Waals surface area contributed by atoms with Crippen LogP contribution in [0.3, 0.4) is 0 Å². The standard InChI is InChI=1S/C51H84O12/c1-4-7-10-13-16-19-21-22-24-26-28-31-34-37-43(52)59-40-42(61-44(53)38-35-32-29-25-18-15-12-9-6-3)41-60-51-49(47(56)46(55)48(63-51)50(57)58)62-45(54)39-36-33-30-27-23-20-17-14-11-8-5-2/h7,10,14,16-17,19,22,24,28,31,42,46-49,51,55-56H,4-6,8-9,11-13,15,18,20-21,23,25-27,29-30,32-41H2,1-3H3,(H,57,58)/b10-7-,17-14-,19-16-,24-22-,31-28-. The molecule has 0 aromatic carbocycles. The summed E-state index contributed by atoms with van der Waals surface area (Å²) in [6.45, 7) is 5.69. The number of rotatable bonds is 39. The molecule has 12 nitrogen and oxygen atoms in total. The minimum absolute atomic E-state index is 0.0429. The Bertz CT molecular complexity index is 1340. The van der Waals surface area contributed by atoms with Crippen molar-refractivity contribution in [2.45, 2.75) is 225 Å². The molecule has 0 amide bonds. The lowest BCUT2D eigenvalue weighted by atomic mass is 9.98. The van der Waals surface area contributed by atoms with Gasteiger partial charge in [-0.05, 0) is 64.2 Å². The molecule has 1 heterocycles. The fourth-order valence-electron chi connectivity index (χ4n) is 6.83. The van der Waals surface area contributed by atoms with Crippen molar-refractivity contribution in [2.24, 2.45) is 0 Å². The van der Waals surface area contributed by atoms with Crippen LogP contribution >= 0.6 is 0 Å². The summed E-state index contributed by atoms with van der Waals surface area (Å²) in [5, 5.41) is 31.2. The fourth-order valence-corrected chi connectivity index (χ4v) is 6.83. The van der Waals surface area contributed by atoms with E-state index in [1.54, 1.807) is 0 Å². The predicted octanol–water partition coefficient (Wildman–Crippen LogP) is 10.9. The lowest BCUT2D eigenvalue weighted by Crippen LogP contribution is -2.61. The number of unbranched alkanes of at least 4 members (excludes halogenated alkanes) is 15. The molecule has 1 aliphatic heterocycles. The van der Waals surface area contributed by atoms with Gasteiger partial charge in [0, 0.05) is 19.3 Å². The Morgan fingerprint density at radius 1 is 0.540 bits per heavy atom. The van der Waals surface area contributed by atoms with E-state index in [4.69, 9.17) is 23.7 Å². The number of hydrogen-bond donors (Lipinski definition) is 3. The Morgan fingerprint density at radius 3 is 1.63 bits per heavy atom. The second-order valence-electron chi connectivity index (χ2n) is 16.4. The van der Waals surface area contributed by atoms with Gasteiger partial charge in [-0.25, -0.2) is 4.79 Å². The van der Waals surface area contributed by atoms with Crippen LogP contribution in [0.4, 0.5) is 0 Å².